The molecule has 2 fully saturated rings. The SMILES string of the molecule is COCCN1C[C@@H]2CN(Cc3cccs3)CCC[C@]2(C(=O)O)C1.O=C(O)C(F)(F)F.O=C(O)C(F)(F)F. The summed E-state index contributed by atoms with van der Waals surface area (Å²) in [7, 11) is 1.70. The Balaban J connectivity index is 0.000000404. The van der Waals surface area contributed by atoms with Gasteiger partial charge in [0, 0.05) is 50.6 Å². The molecule has 2 aliphatic rings. The van der Waals surface area contributed by atoms with Crippen LogP contribution in [0.5, 0.6) is 0 Å². The lowest BCUT2D eigenvalue weighted by Gasteiger charge is -2.29. The van der Waals surface area contributed by atoms with E-state index in [2.05, 4.69) is 27.3 Å². The number of hydrogen-bond donors (Lipinski definition) is 3. The van der Waals surface area contributed by atoms with E-state index in [0.29, 0.717) is 13.2 Å². The van der Waals surface area contributed by atoms with Gasteiger partial charge in [0.05, 0.1) is 12.0 Å². The van der Waals surface area contributed by atoms with Gasteiger partial charge in [-0.1, -0.05) is 6.07 Å². The van der Waals surface area contributed by atoms with Crippen molar-refractivity contribution < 1.29 is 60.8 Å². The van der Waals surface area contributed by atoms with Gasteiger partial charge in [0.2, 0.25) is 0 Å². The summed E-state index contributed by atoms with van der Waals surface area (Å²) in [5.74, 6) is -5.92. The minimum absolute atomic E-state index is 0.208. The van der Waals surface area contributed by atoms with Crippen LogP contribution in [0, 0.1) is 11.3 Å². The molecule has 1 aromatic heterocycles. The maximum absolute atomic E-state index is 12.1. The first-order valence-corrected chi connectivity index (χ1v) is 11.7. The normalized spacial score (nSPS) is 22.5. The predicted molar refractivity (Wildman–Crippen MR) is 118 cm³/mol. The van der Waals surface area contributed by atoms with E-state index in [9.17, 15) is 36.2 Å². The quantitative estimate of drug-likeness (QED) is 0.445. The van der Waals surface area contributed by atoms with Gasteiger partial charge in [-0.15, -0.1) is 11.3 Å². The summed E-state index contributed by atoms with van der Waals surface area (Å²) in [6, 6.07) is 4.25. The monoisotopic (exact) mass is 566 g/mol. The van der Waals surface area contributed by atoms with Crippen LogP contribution in [0.15, 0.2) is 17.5 Å². The van der Waals surface area contributed by atoms with Crippen molar-refractivity contribution in [2.24, 2.45) is 11.3 Å². The van der Waals surface area contributed by atoms with Crippen molar-refractivity contribution >= 4 is 29.2 Å². The fourth-order valence-corrected chi connectivity index (χ4v) is 4.87. The van der Waals surface area contributed by atoms with E-state index in [1.807, 2.05) is 0 Å². The lowest BCUT2D eigenvalue weighted by atomic mass is 9.75. The first-order valence-electron chi connectivity index (χ1n) is 10.8. The molecule has 37 heavy (non-hydrogen) atoms. The molecule has 3 N–H and O–H groups in total. The van der Waals surface area contributed by atoms with Crippen molar-refractivity contribution in [1.29, 1.82) is 0 Å². The summed E-state index contributed by atoms with van der Waals surface area (Å²) >= 11 is 1.78. The number of carboxylic acid groups (broad SMARTS) is 3. The highest BCUT2D eigenvalue weighted by molar-refractivity contribution is 7.09. The molecule has 2 aliphatic heterocycles. The van der Waals surface area contributed by atoms with Crippen LogP contribution >= 0.6 is 11.3 Å². The smallest absolute Gasteiger partial charge is 0.481 e. The fourth-order valence-electron chi connectivity index (χ4n) is 4.12. The van der Waals surface area contributed by atoms with E-state index in [0.717, 1.165) is 45.6 Å². The predicted octanol–water partition coefficient (Wildman–Crippen LogP) is 3.26. The average molecular weight is 567 g/mol. The number of carboxylic acids is 3. The molecule has 0 bridgehead atoms. The number of thiophene rings is 1. The van der Waals surface area contributed by atoms with Crippen LogP contribution in [0.25, 0.3) is 0 Å². The molecule has 212 valence electrons. The van der Waals surface area contributed by atoms with Crippen LogP contribution in [0.4, 0.5) is 26.3 Å². The van der Waals surface area contributed by atoms with Crippen molar-refractivity contribution in [2.45, 2.75) is 31.7 Å². The van der Waals surface area contributed by atoms with Crippen molar-refractivity contribution in [1.82, 2.24) is 9.80 Å². The maximum Gasteiger partial charge on any atom is 0.490 e. The highest BCUT2D eigenvalue weighted by atomic mass is 32.1. The molecule has 3 heterocycles. The lowest BCUT2D eigenvalue weighted by molar-refractivity contribution is -0.193. The van der Waals surface area contributed by atoms with Gasteiger partial charge < -0.3 is 20.1 Å². The average Bonchev–Trinajstić information content (AvgIpc) is 3.36. The van der Waals surface area contributed by atoms with Crippen LogP contribution in [-0.4, -0.2) is 102 Å². The van der Waals surface area contributed by atoms with Crippen molar-refractivity contribution in [3.8, 4) is 0 Å². The van der Waals surface area contributed by atoms with E-state index in [-0.39, 0.29) is 5.92 Å². The first-order chi connectivity index (χ1) is 17.0. The Labute approximate surface area is 212 Å². The van der Waals surface area contributed by atoms with E-state index in [4.69, 9.17) is 24.5 Å². The van der Waals surface area contributed by atoms with E-state index >= 15 is 0 Å². The number of methoxy groups -OCH3 is 1. The van der Waals surface area contributed by atoms with Gasteiger partial charge in [-0.2, -0.15) is 26.3 Å². The Kier molecular flexibility index (Phi) is 12.3. The number of carbonyl (C=O) groups is 3. The van der Waals surface area contributed by atoms with E-state index in [1.165, 1.54) is 4.88 Å². The molecule has 2 saturated heterocycles. The van der Waals surface area contributed by atoms with Gasteiger partial charge in [-0.25, -0.2) is 9.59 Å². The molecule has 0 aromatic carbocycles. The summed E-state index contributed by atoms with van der Waals surface area (Å²) in [6.45, 7) is 5.87. The Morgan fingerprint density at radius 1 is 1.05 bits per heavy atom. The van der Waals surface area contributed by atoms with Gasteiger partial charge in [0.15, 0.2) is 0 Å². The third-order valence-electron chi connectivity index (χ3n) is 5.82. The fraction of sp³-hybridized carbons (Fsp3) is 0.667. The zero-order valence-electron chi connectivity index (χ0n) is 19.7. The lowest BCUT2D eigenvalue weighted by Crippen LogP contribution is -2.41. The third kappa shape index (κ3) is 10.5. The standard InChI is InChI=1S/C17H26N2O3S.2C2HF3O2/c1-22-8-7-19-11-14-10-18(12-15-4-2-9-23-15)6-3-5-17(14,13-19)16(20)21;2*3-2(4,5)1(6)7/h2,4,9,14H,3,5-8,10-13H2,1H3,(H,20,21);2*(H,6,7)/t14-,17-;;/m0../s1. The molecule has 0 radical (unpaired) electrons. The van der Waals surface area contributed by atoms with Gasteiger partial charge >= 0.3 is 30.3 Å². The molecular weight excluding hydrogens is 538 g/mol. The van der Waals surface area contributed by atoms with Crippen LogP contribution < -0.4 is 0 Å². The molecule has 9 nitrogen and oxygen atoms in total. The van der Waals surface area contributed by atoms with Gasteiger partial charge in [-0.05, 0) is 30.8 Å². The second kappa shape index (κ2) is 13.9. The number of nitrogens with zero attached hydrogens (tertiary/aromatic N) is 2. The Bertz CT molecular complexity index is 858. The molecule has 3 rings (SSSR count). The largest absolute Gasteiger partial charge is 0.490 e. The number of alkyl halides is 6. The zero-order chi connectivity index (χ0) is 28.4. The van der Waals surface area contributed by atoms with E-state index < -0.39 is 35.7 Å². The Morgan fingerprint density at radius 2 is 1.59 bits per heavy atom. The molecule has 0 amide bonds. The molecule has 0 spiro atoms. The summed E-state index contributed by atoms with van der Waals surface area (Å²) in [6.07, 6.45) is -8.41. The van der Waals surface area contributed by atoms with Crippen LogP contribution in [0.1, 0.15) is 17.7 Å². The molecule has 0 aliphatic carbocycles. The van der Waals surface area contributed by atoms with Gasteiger partial charge in [0.1, 0.15) is 0 Å². The van der Waals surface area contributed by atoms with Crippen molar-refractivity contribution in [3.63, 3.8) is 0 Å². The number of halogens is 6. The minimum atomic E-state index is -5.08. The molecule has 1 aromatic rings. The van der Waals surface area contributed by atoms with Crippen molar-refractivity contribution in [2.75, 3.05) is 46.4 Å². The Hall–Kier alpha value is -2.43. The first kappa shape index (κ1) is 32.6. The third-order valence-corrected chi connectivity index (χ3v) is 6.68. The second-order valence-electron chi connectivity index (χ2n) is 8.41. The van der Waals surface area contributed by atoms with E-state index in [1.54, 1.807) is 18.4 Å². The van der Waals surface area contributed by atoms with Crippen LogP contribution in [0.3, 0.4) is 0 Å². The van der Waals surface area contributed by atoms with Crippen LogP contribution in [0.2, 0.25) is 0 Å². The number of aliphatic carboxylic acids is 3. The maximum atomic E-state index is 12.1. The van der Waals surface area contributed by atoms with Gasteiger partial charge in [0.25, 0.3) is 0 Å². The summed E-state index contributed by atoms with van der Waals surface area (Å²) in [5.41, 5.74) is -0.571. The molecule has 2 atom stereocenters. The summed E-state index contributed by atoms with van der Waals surface area (Å²) in [4.78, 5) is 36.0. The van der Waals surface area contributed by atoms with Crippen molar-refractivity contribution in [3.05, 3.63) is 22.4 Å². The Morgan fingerprint density at radius 3 is 2.03 bits per heavy atom. The minimum Gasteiger partial charge on any atom is -0.481 e. The highest BCUT2D eigenvalue weighted by Gasteiger charge is 2.53. The summed E-state index contributed by atoms with van der Waals surface area (Å²) < 4.78 is 68.6. The summed E-state index contributed by atoms with van der Waals surface area (Å²) in [5, 5.41) is 26.3. The highest BCUT2D eigenvalue weighted by Crippen LogP contribution is 2.43. The molecular formula is C21H28F6N2O7S. The number of hydrogen-bond acceptors (Lipinski definition) is 7. The van der Waals surface area contributed by atoms with Gasteiger partial charge in [-0.3, -0.25) is 14.6 Å². The number of rotatable bonds is 6. The zero-order valence-corrected chi connectivity index (χ0v) is 20.5. The number of ether oxygens (including phenoxy) is 1. The molecule has 16 heteroatoms. The number of likely N-dealkylation sites (tertiary alicyclic amines) is 2. The number of fused-ring (bicyclic) bond motifs is 1. The molecule has 0 unspecified atom stereocenters. The second-order valence-corrected chi connectivity index (χ2v) is 9.44. The topological polar surface area (TPSA) is 128 Å². The molecule has 0 saturated carbocycles. The van der Waals surface area contributed by atoms with Crippen LogP contribution in [-0.2, 0) is 25.7 Å².